The van der Waals surface area contributed by atoms with Crippen LogP contribution >= 0.6 is 0 Å². The highest BCUT2D eigenvalue weighted by molar-refractivity contribution is 5.37. The fourth-order valence-electron chi connectivity index (χ4n) is 1.90. The van der Waals surface area contributed by atoms with Gasteiger partial charge < -0.3 is 19.7 Å². The zero-order chi connectivity index (χ0) is 14.9. The van der Waals surface area contributed by atoms with Gasteiger partial charge in [0.15, 0.2) is 5.76 Å². The van der Waals surface area contributed by atoms with Gasteiger partial charge in [-0.15, -0.1) is 0 Å². The van der Waals surface area contributed by atoms with Crippen molar-refractivity contribution in [3.63, 3.8) is 0 Å². The summed E-state index contributed by atoms with van der Waals surface area (Å²) in [4.78, 5) is 11.5. The molecule has 0 saturated heterocycles. The summed E-state index contributed by atoms with van der Waals surface area (Å²) in [5, 5.41) is 29.0. The molecule has 5 heteroatoms. The summed E-state index contributed by atoms with van der Waals surface area (Å²) in [5.74, 6) is -0.914. The summed E-state index contributed by atoms with van der Waals surface area (Å²) in [6.45, 7) is 3.35. The van der Waals surface area contributed by atoms with Crippen molar-refractivity contribution >= 4 is 0 Å². The van der Waals surface area contributed by atoms with Crippen molar-refractivity contribution in [3.05, 3.63) is 62.7 Å². The van der Waals surface area contributed by atoms with E-state index in [4.69, 9.17) is 9.52 Å². The third kappa shape index (κ3) is 2.59. The maximum absolute atomic E-state index is 11.5. The highest BCUT2D eigenvalue weighted by atomic mass is 16.4. The van der Waals surface area contributed by atoms with Crippen LogP contribution in [0.4, 0.5) is 0 Å². The van der Waals surface area contributed by atoms with Gasteiger partial charge in [-0.2, -0.15) is 0 Å². The van der Waals surface area contributed by atoms with E-state index in [9.17, 15) is 15.0 Å². The Balaban J connectivity index is 2.52. The Kier molecular flexibility index (Phi) is 3.92. The van der Waals surface area contributed by atoms with Crippen LogP contribution in [0.5, 0.6) is 5.75 Å². The molecule has 5 nitrogen and oxygen atoms in total. The molecule has 0 saturated carbocycles. The molecule has 1 heterocycles. The quantitative estimate of drug-likeness (QED) is 0.791. The molecule has 0 bridgehead atoms. The molecular weight excluding hydrogens is 260 g/mol. The number of aryl methyl sites for hydroxylation is 2. The van der Waals surface area contributed by atoms with Crippen LogP contribution in [-0.4, -0.2) is 15.3 Å². The normalized spacial score (nSPS) is 12.4. The lowest BCUT2D eigenvalue weighted by atomic mass is 10.0. The van der Waals surface area contributed by atoms with Crippen LogP contribution in [0.1, 0.15) is 34.3 Å². The predicted molar refractivity (Wildman–Crippen MR) is 72.5 cm³/mol. The maximum atomic E-state index is 11.5. The van der Waals surface area contributed by atoms with Gasteiger partial charge in [0, 0.05) is 6.07 Å². The van der Waals surface area contributed by atoms with Crippen LogP contribution in [0.3, 0.4) is 0 Å². The molecule has 3 N–H and O–H groups in total. The molecule has 1 unspecified atom stereocenters. The maximum Gasteiger partial charge on any atom is 0.227 e. The highest BCUT2D eigenvalue weighted by Gasteiger charge is 2.21. The molecule has 2 aromatic rings. The number of hydrogen-bond donors (Lipinski definition) is 3. The third-order valence-corrected chi connectivity index (χ3v) is 3.25. The van der Waals surface area contributed by atoms with E-state index in [-0.39, 0.29) is 11.5 Å². The van der Waals surface area contributed by atoms with Gasteiger partial charge in [0.05, 0.1) is 0 Å². The zero-order valence-electron chi connectivity index (χ0n) is 11.3. The van der Waals surface area contributed by atoms with Gasteiger partial charge >= 0.3 is 0 Å². The molecule has 2 rings (SSSR count). The SMILES string of the molecule is Cc1ccc(C(O)c2oc(CO)cc(=O)c2O)cc1C. The first-order valence-electron chi connectivity index (χ1n) is 6.16. The van der Waals surface area contributed by atoms with Crippen molar-refractivity contribution < 1.29 is 19.7 Å². The molecule has 1 atom stereocenters. The topological polar surface area (TPSA) is 90.9 Å². The fraction of sp³-hybridized carbons (Fsp3) is 0.267. The molecule has 0 aliphatic rings. The van der Waals surface area contributed by atoms with Crippen molar-refractivity contribution in [1.82, 2.24) is 0 Å². The van der Waals surface area contributed by atoms with E-state index in [1.54, 1.807) is 12.1 Å². The Morgan fingerprint density at radius 3 is 2.50 bits per heavy atom. The smallest absolute Gasteiger partial charge is 0.227 e. The molecular formula is C15H16O5. The van der Waals surface area contributed by atoms with E-state index >= 15 is 0 Å². The van der Waals surface area contributed by atoms with Crippen LogP contribution in [0.2, 0.25) is 0 Å². The van der Waals surface area contributed by atoms with Crippen LogP contribution in [0.15, 0.2) is 33.5 Å². The van der Waals surface area contributed by atoms with E-state index in [1.165, 1.54) is 0 Å². The van der Waals surface area contributed by atoms with Crippen molar-refractivity contribution in [2.24, 2.45) is 0 Å². The van der Waals surface area contributed by atoms with Gasteiger partial charge in [-0.05, 0) is 30.5 Å². The molecule has 106 valence electrons. The first kappa shape index (κ1) is 14.3. The number of hydrogen-bond acceptors (Lipinski definition) is 5. The molecule has 0 fully saturated rings. The second-order valence-electron chi connectivity index (χ2n) is 4.69. The molecule has 0 radical (unpaired) electrons. The first-order valence-corrected chi connectivity index (χ1v) is 6.16. The average Bonchev–Trinajstić information content (AvgIpc) is 2.44. The Bertz CT molecular complexity index is 687. The fourth-order valence-corrected chi connectivity index (χ4v) is 1.90. The zero-order valence-corrected chi connectivity index (χ0v) is 11.3. The van der Waals surface area contributed by atoms with Crippen LogP contribution < -0.4 is 5.43 Å². The predicted octanol–water partition coefficient (Wildman–Crippen LogP) is 1.54. The van der Waals surface area contributed by atoms with Gasteiger partial charge in [0.2, 0.25) is 11.2 Å². The van der Waals surface area contributed by atoms with Crippen molar-refractivity contribution in [2.45, 2.75) is 26.6 Å². The number of rotatable bonds is 3. The standard InChI is InChI=1S/C15H16O5/c1-8-3-4-10(5-9(8)2)13(18)15-14(19)12(17)6-11(7-16)20-15/h3-6,13,16,18-19H,7H2,1-2H3. The summed E-state index contributed by atoms with van der Waals surface area (Å²) < 4.78 is 5.17. The van der Waals surface area contributed by atoms with Crippen molar-refractivity contribution in [1.29, 1.82) is 0 Å². The minimum absolute atomic E-state index is 0.00863. The Morgan fingerprint density at radius 2 is 1.90 bits per heavy atom. The van der Waals surface area contributed by atoms with Gasteiger partial charge in [-0.1, -0.05) is 18.2 Å². The Morgan fingerprint density at radius 1 is 1.20 bits per heavy atom. The molecule has 1 aromatic heterocycles. The third-order valence-electron chi connectivity index (χ3n) is 3.25. The molecule has 1 aromatic carbocycles. The Labute approximate surface area is 115 Å². The van der Waals surface area contributed by atoms with Gasteiger partial charge in [-0.25, -0.2) is 0 Å². The minimum Gasteiger partial charge on any atom is -0.502 e. The van der Waals surface area contributed by atoms with Crippen molar-refractivity contribution in [2.75, 3.05) is 0 Å². The van der Waals surface area contributed by atoms with Gasteiger partial charge in [0.25, 0.3) is 0 Å². The van der Waals surface area contributed by atoms with Crippen LogP contribution in [0, 0.1) is 13.8 Å². The summed E-state index contributed by atoms with van der Waals surface area (Å²) in [7, 11) is 0. The van der Waals surface area contributed by atoms with E-state index in [1.807, 2.05) is 19.9 Å². The second-order valence-corrected chi connectivity index (χ2v) is 4.69. The lowest BCUT2D eigenvalue weighted by molar-refractivity contribution is 0.163. The molecule has 20 heavy (non-hydrogen) atoms. The summed E-state index contributed by atoms with van der Waals surface area (Å²) in [6.07, 6.45) is -1.27. The molecule has 0 aliphatic carbocycles. The molecule has 0 amide bonds. The van der Waals surface area contributed by atoms with E-state index in [2.05, 4.69) is 0 Å². The van der Waals surface area contributed by atoms with Crippen LogP contribution in [-0.2, 0) is 6.61 Å². The largest absolute Gasteiger partial charge is 0.502 e. The Hall–Kier alpha value is -2.11. The molecule has 0 aliphatic heterocycles. The summed E-state index contributed by atoms with van der Waals surface area (Å²) in [5.41, 5.74) is 1.84. The first-order chi connectivity index (χ1) is 9.43. The summed E-state index contributed by atoms with van der Waals surface area (Å²) >= 11 is 0. The van der Waals surface area contributed by atoms with Gasteiger partial charge in [0.1, 0.15) is 18.5 Å². The number of aromatic hydroxyl groups is 1. The second kappa shape index (κ2) is 5.48. The minimum atomic E-state index is -1.27. The summed E-state index contributed by atoms with van der Waals surface area (Å²) in [6, 6.07) is 6.27. The van der Waals surface area contributed by atoms with E-state index in [0.29, 0.717) is 5.56 Å². The van der Waals surface area contributed by atoms with E-state index < -0.39 is 23.9 Å². The monoisotopic (exact) mass is 276 g/mol. The van der Waals surface area contributed by atoms with Crippen molar-refractivity contribution in [3.8, 4) is 5.75 Å². The van der Waals surface area contributed by atoms with E-state index in [0.717, 1.165) is 17.2 Å². The highest BCUT2D eigenvalue weighted by Crippen LogP contribution is 2.28. The lowest BCUT2D eigenvalue weighted by Gasteiger charge is -2.13. The average molecular weight is 276 g/mol. The number of benzene rings is 1. The van der Waals surface area contributed by atoms with Crippen LogP contribution in [0.25, 0.3) is 0 Å². The van der Waals surface area contributed by atoms with Gasteiger partial charge in [-0.3, -0.25) is 4.79 Å². The lowest BCUT2D eigenvalue weighted by Crippen LogP contribution is -2.09. The molecule has 0 spiro atoms. The number of aliphatic hydroxyl groups is 2. The number of aliphatic hydroxyl groups excluding tert-OH is 2.